The van der Waals surface area contributed by atoms with Gasteiger partial charge in [0.25, 0.3) is 0 Å². The maximum absolute atomic E-state index is 10.2. The molecule has 14 heavy (non-hydrogen) atoms. The Hall–Kier alpha value is -1.69. The zero-order chi connectivity index (χ0) is 10.6. The van der Waals surface area contributed by atoms with Crippen LogP contribution in [0.2, 0.25) is 0 Å². The van der Waals surface area contributed by atoms with Crippen molar-refractivity contribution in [2.75, 3.05) is 5.32 Å². The molecule has 0 unspecified atom stereocenters. The fraction of sp³-hybridized carbons (Fsp3) is 0.125. The number of thiophene rings is 1. The van der Waals surface area contributed by atoms with Crippen LogP contribution in [0.5, 0.6) is 0 Å². The molecule has 0 bridgehead atoms. The van der Waals surface area contributed by atoms with E-state index >= 15 is 0 Å². The average molecular weight is 212 g/mol. The summed E-state index contributed by atoms with van der Waals surface area (Å²) in [5.41, 5.74) is -0.490. The molecular formula is C8H8N2O3S. The quantitative estimate of drug-likeness (QED) is 0.357. The van der Waals surface area contributed by atoms with Crippen molar-refractivity contribution in [3.05, 3.63) is 39.0 Å². The third-order valence-electron chi connectivity index (χ3n) is 1.43. The van der Waals surface area contributed by atoms with Crippen LogP contribution in [-0.4, -0.2) is 11.2 Å². The van der Waals surface area contributed by atoms with Gasteiger partial charge in [-0.1, -0.05) is 0 Å². The number of nitrogens with one attached hydrogen (secondary N) is 1. The predicted molar refractivity (Wildman–Crippen MR) is 53.8 cm³/mol. The average Bonchev–Trinajstić information content (AvgIpc) is 2.52. The van der Waals surface area contributed by atoms with Crippen molar-refractivity contribution >= 4 is 22.6 Å². The fourth-order valence-electron chi connectivity index (χ4n) is 0.787. The summed E-state index contributed by atoms with van der Waals surface area (Å²) < 4.78 is 0. The summed E-state index contributed by atoms with van der Waals surface area (Å²) in [6.45, 7) is 1.92. The van der Waals surface area contributed by atoms with Gasteiger partial charge in [0.2, 0.25) is 6.29 Å². The molecule has 0 fully saturated rings. The fourth-order valence-corrected chi connectivity index (χ4v) is 1.52. The van der Waals surface area contributed by atoms with Crippen LogP contribution < -0.4 is 5.32 Å². The Bertz CT molecular complexity index is 384. The van der Waals surface area contributed by atoms with Crippen molar-refractivity contribution in [1.82, 2.24) is 0 Å². The number of nitrogens with zero attached hydrogens (tertiary/aromatic N) is 1. The molecule has 1 aromatic rings. The first-order valence-corrected chi connectivity index (χ1v) is 4.58. The first-order valence-electron chi connectivity index (χ1n) is 3.76. The smallest absolute Gasteiger partial charge is 0.324 e. The van der Waals surface area contributed by atoms with E-state index in [1.54, 1.807) is 6.07 Å². The second-order valence-corrected chi connectivity index (χ2v) is 3.79. The van der Waals surface area contributed by atoms with Gasteiger partial charge in [0.05, 0.1) is 16.1 Å². The van der Waals surface area contributed by atoms with E-state index in [1.807, 2.05) is 13.0 Å². The van der Waals surface area contributed by atoms with Gasteiger partial charge in [-0.05, 0) is 19.1 Å². The molecule has 0 aromatic carbocycles. The molecule has 0 saturated heterocycles. The van der Waals surface area contributed by atoms with Crippen LogP contribution in [0, 0.1) is 17.0 Å². The van der Waals surface area contributed by atoms with E-state index in [0.717, 1.165) is 16.1 Å². The zero-order valence-corrected chi connectivity index (χ0v) is 8.21. The minimum atomic E-state index is -0.736. The molecule has 0 saturated carbocycles. The van der Waals surface area contributed by atoms with E-state index in [-0.39, 0.29) is 6.29 Å². The number of hydrogen-bond donors (Lipinski definition) is 1. The molecule has 0 spiro atoms. The van der Waals surface area contributed by atoms with Crippen LogP contribution in [-0.2, 0) is 4.79 Å². The van der Waals surface area contributed by atoms with Crippen LogP contribution in [0.4, 0.5) is 5.00 Å². The van der Waals surface area contributed by atoms with Crippen LogP contribution >= 0.6 is 11.3 Å². The van der Waals surface area contributed by atoms with E-state index in [1.165, 1.54) is 11.3 Å². The van der Waals surface area contributed by atoms with Gasteiger partial charge in [0.15, 0.2) is 0 Å². The molecule has 1 aromatic heterocycles. The predicted octanol–water partition coefficient (Wildman–Crippen LogP) is 1.79. The number of rotatable bonds is 4. The third kappa shape index (κ3) is 2.67. The summed E-state index contributed by atoms with van der Waals surface area (Å²) in [5.74, 6) is 0. The van der Waals surface area contributed by atoms with Gasteiger partial charge in [0, 0.05) is 4.88 Å². The van der Waals surface area contributed by atoms with Crippen LogP contribution in [0.3, 0.4) is 0 Å². The molecule has 0 radical (unpaired) electrons. The van der Waals surface area contributed by atoms with E-state index in [4.69, 9.17) is 0 Å². The maximum Gasteiger partial charge on any atom is 0.324 e. The van der Waals surface area contributed by atoms with E-state index in [2.05, 4.69) is 5.32 Å². The standard InChI is InChI=1S/C8H8N2O3S/c1-6-2-3-8(14-6)9-4-7(5-11)10(12)13/h2-5,9H,1H3. The van der Waals surface area contributed by atoms with Gasteiger partial charge in [-0.2, -0.15) is 0 Å². The third-order valence-corrected chi connectivity index (χ3v) is 2.37. The number of allylic oxidation sites excluding steroid dienone is 1. The van der Waals surface area contributed by atoms with Gasteiger partial charge in [-0.3, -0.25) is 14.9 Å². The minimum absolute atomic E-state index is 0.202. The Balaban J connectivity index is 2.70. The molecule has 0 amide bonds. The van der Waals surface area contributed by atoms with Crippen molar-refractivity contribution in [1.29, 1.82) is 0 Å². The second kappa shape index (κ2) is 4.52. The molecule has 1 N–H and O–H groups in total. The van der Waals surface area contributed by atoms with Gasteiger partial charge < -0.3 is 5.32 Å². The van der Waals surface area contributed by atoms with Crippen molar-refractivity contribution in [2.24, 2.45) is 0 Å². The zero-order valence-electron chi connectivity index (χ0n) is 7.39. The molecule has 0 aliphatic carbocycles. The lowest BCUT2D eigenvalue weighted by molar-refractivity contribution is -0.417. The molecule has 5 nitrogen and oxygen atoms in total. The SMILES string of the molecule is Cc1ccc(NC=C(C=O)[N+](=O)[O-])s1. The highest BCUT2D eigenvalue weighted by Gasteiger charge is 2.07. The largest absolute Gasteiger partial charge is 0.348 e. The molecule has 1 rings (SSSR count). The van der Waals surface area contributed by atoms with Gasteiger partial charge >= 0.3 is 5.70 Å². The number of aryl methyl sites for hydroxylation is 1. The minimum Gasteiger partial charge on any atom is -0.348 e. The Morgan fingerprint density at radius 2 is 2.36 bits per heavy atom. The van der Waals surface area contributed by atoms with E-state index in [9.17, 15) is 14.9 Å². The second-order valence-electron chi connectivity index (χ2n) is 2.50. The Morgan fingerprint density at radius 1 is 1.64 bits per heavy atom. The molecule has 6 heteroatoms. The Kier molecular flexibility index (Phi) is 3.35. The highest BCUT2D eigenvalue weighted by atomic mass is 32.1. The summed E-state index contributed by atoms with van der Waals surface area (Å²) in [5, 5.41) is 13.7. The number of carbonyl (C=O) groups excluding carboxylic acids is 1. The lowest BCUT2D eigenvalue weighted by atomic mass is 10.5. The summed E-state index contributed by atoms with van der Waals surface area (Å²) in [6, 6.07) is 3.67. The normalized spacial score (nSPS) is 11.1. The Labute approximate surface area is 84.2 Å². The van der Waals surface area contributed by atoms with Gasteiger partial charge in [0.1, 0.15) is 0 Å². The molecular weight excluding hydrogens is 204 g/mol. The summed E-state index contributed by atoms with van der Waals surface area (Å²) in [6.07, 6.45) is 1.28. The van der Waals surface area contributed by atoms with Crippen molar-refractivity contribution < 1.29 is 9.72 Å². The highest BCUT2D eigenvalue weighted by Crippen LogP contribution is 2.20. The summed E-state index contributed by atoms with van der Waals surface area (Å²) in [4.78, 5) is 20.8. The van der Waals surface area contributed by atoms with Crippen LogP contribution in [0.15, 0.2) is 24.0 Å². The molecule has 0 aliphatic rings. The number of anilines is 1. The summed E-state index contributed by atoms with van der Waals surface area (Å²) in [7, 11) is 0. The maximum atomic E-state index is 10.2. The topological polar surface area (TPSA) is 72.2 Å². The lowest BCUT2D eigenvalue weighted by Crippen LogP contribution is -2.02. The Morgan fingerprint density at radius 3 is 2.79 bits per heavy atom. The van der Waals surface area contributed by atoms with E-state index in [0.29, 0.717) is 0 Å². The number of nitro groups is 1. The van der Waals surface area contributed by atoms with E-state index < -0.39 is 10.6 Å². The summed E-state index contributed by atoms with van der Waals surface area (Å²) >= 11 is 1.46. The molecule has 74 valence electrons. The first-order chi connectivity index (χ1) is 6.63. The molecule has 0 atom stereocenters. The van der Waals surface area contributed by atoms with Crippen molar-refractivity contribution in [3.8, 4) is 0 Å². The number of aldehydes is 1. The molecule has 1 heterocycles. The number of carbonyl (C=O) groups is 1. The first kappa shape index (κ1) is 10.4. The monoisotopic (exact) mass is 212 g/mol. The van der Waals surface area contributed by atoms with Gasteiger partial charge in [-0.15, -0.1) is 11.3 Å². The van der Waals surface area contributed by atoms with Crippen molar-refractivity contribution in [2.45, 2.75) is 6.92 Å². The van der Waals surface area contributed by atoms with Crippen LogP contribution in [0.25, 0.3) is 0 Å². The van der Waals surface area contributed by atoms with Crippen molar-refractivity contribution in [3.63, 3.8) is 0 Å². The van der Waals surface area contributed by atoms with Crippen LogP contribution in [0.1, 0.15) is 4.88 Å². The number of hydrogen-bond acceptors (Lipinski definition) is 5. The highest BCUT2D eigenvalue weighted by molar-refractivity contribution is 7.16. The van der Waals surface area contributed by atoms with Gasteiger partial charge in [-0.25, -0.2) is 0 Å². The molecule has 0 aliphatic heterocycles. The lowest BCUT2D eigenvalue weighted by Gasteiger charge is -1.93.